The van der Waals surface area contributed by atoms with Gasteiger partial charge in [0.15, 0.2) is 0 Å². The van der Waals surface area contributed by atoms with Gasteiger partial charge in [-0.15, -0.1) is 0 Å². The van der Waals surface area contributed by atoms with Crippen LogP contribution in [-0.4, -0.2) is 79.8 Å². The highest BCUT2D eigenvalue weighted by molar-refractivity contribution is 7.89. The molecule has 4 aliphatic rings. The number of sulfonamides is 1. The van der Waals surface area contributed by atoms with E-state index >= 15 is 0 Å². The van der Waals surface area contributed by atoms with Crippen LogP contribution < -0.4 is 5.32 Å². The van der Waals surface area contributed by atoms with E-state index in [0.29, 0.717) is 44.3 Å². The average molecular weight is 514 g/mol. The number of hydrogen-bond acceptors (Lipinski definition) is 6. The fraction of sp³-hybridized carbons (Fsp3) is 0.708. The van der Waals surface area contributed by atoms with Crippen LogP contribution in [0.15, 0.2) is 23.1 Å². The third-order valence-corrected chi connectivity index (χ3v) is 9.59. The third-order valence-electron chi connectivity index (χ3n) is 7.65. The van der Waals surface area contributed by atoms with Crippen LogP contribution in [0.4, 0.5) is 13.6 Å². The van der Waals surface area contributed by atoms with Crippen LogP contribution in [0.5, 0.6) is 0 Å². The molecule has 0 bridgehead atoms. The van der Waals surface area contributed by atoms with E-state index in [0.717, 1.165) is 25.0 Å². The van der Waals surface area contributed by atoms with Crippen LogP contribution in [0, 0.1) is 17.6 Å². The second-order valence-corrected chi connectivity index (χ2v) is 12.4. The Balaban J connectivity index is 1.46. The molecule has 8 nitrogen and oxygen atoms in total. The molecular formula is C24H33F2N3O5S. The molecule has 4 fully saturated rings. The van der Waals surface area contributed by atoms with Crippen molar-refractivity contribution in [3.05, 3.63) is 29.8 Å². The summed E-state index contributed by atoms with van der Waals surface area (Å²) in [6.07, 6.45) is 3.17. The first kappa shape index (κ1) is 24.9. The quantitative estimate of drug-likeness (QED) is 0.630. The zero-order valence-corrected chi connectivity index (χ0v) is 20.9. The van der Waals surface area contributed by atoms with Crippen LogP contribution >= 0.6 is 0 Å². The minimum Gasteiger partial charge on any atom is -0.441 e. The standard InChI is InChI=1S/C24H33F2N3O5S/c1-15-11-27-12-16(2)28(15)23(30)34-24(5-6-24)22-14-33-13-20(7-17-3-4-17)29(22)35(31,32)21-9-18(25)8-19(26)10-21/h8-10,15-17,20,22,27H,3-7,11-14H2,1-2H3/t15-,16+,20-,22-/m1/s1. The topological polar surface area (TPSA) is 88.2 Å². The minimum atomic E-state index is -4.29. The Morgan fingerprint density at radius 1 is 1.11 bits per heavy atom. The van der Waals surface area contributed by atoms with Crippen molar-refractivity contribution in [1.82, 2.24) is 14.5 Å². The van der Waals surface area contributed by atoms with E-state index in [-0.39, 0.29) is 25.3 Å². The van der Waals surface area contributed by atoms with E-state index in [1.165, 1.54) is 4.31 Å². The molecular weight excluding hydrogens is 480 g/mol. The lowest BCUT2D eigenvalue weighted by atomic mass is 10.0. The molecule has 0 aromatic heterocycles. The van der Waals surface area contributed by atoms with Gasteiger partial charge in [-0.05, 0) is 51.2 Å². The number of nitrogens with zero attached hydrogens (tertiary/aromatic N) is 2. The number of morpholine rings is 1. The Labute approximate surface area is 205 Å². The second-order valence-electron chi connectivity index (χ2n) is 10.5. The number of carbonyl (C=O) groups excluding carboxylic acids is 1. The molecule has 0 unspecified atom stereocenters. The van der Waals surface area contributed by atoms with E-state index in [4.69, 9.17) is 9.47 Å². The van der Waals surface area contributed by atoms with E-state index < -0.39 is 50.3 Å². The lowest BCUT2D eigenvalue weighted by Gasteiger charge is -2.45. The number of ether oxygens (including phenoxy) is 2. The van der Waals surface area contributed by atoms with Crippen molar-refractivity contribution in [2.75, 3.05) is 26.3 Å². The first-order valence-corrected chi connectivity index (χ1v) is 13.8. The van der Waals surface area contributed by atoms with Crippen molar-refractivity contribution in [1.29, 1.82) is 0 Å². The van der Waals surface area contributed by atoms with Gasteiger partial charge in [0.1, 0.15) is 17.2 Å². The Kier molecular flexibility index (Phi) is 6.56. The van der Waals surface area contributed by atoms with Crippen molar-refractivity contribution in [2.45, 2.75) is 80.6 Å². The number of carbonyl (C=O) groups is 1. The molecule has 1 aromatic carbocycles. The van der Waals surface area contributed by atoms with Crippen LogP contribution in [0.3, 0.4) is 0 Å². The zero-order valence-electron chi connectivity index (χ0n) is 20.1. The number of amides is 1. The van der Waals surface area contributed by atoms with Gasteiger partial charge in [-0.1, -0.05) is 12.8 Å². The van der Waals surface area contributed by atoms with Crippen LogP contribution in [0.1, 0.15) is 46.0 Å². The van der Waals surface area contributed by atoms with Gasteiger partial charge >= 0.3 is 6.09 Å². The van der Waals surface area contributed by atoms with Gasteiger partial charge < -0.3 is 19.7 Å². The van der Waals surface area contributed by atoms with Crippen LogP contribution in [-0.2, 0) is 19.5 Å². The molecule has 11 heteroatoms. The van der Waals surface area contributed by atoms with Gasteiger partial charge in [-0.2, -0.15) is 4.31 Å². The molecule has 2 aliphatic heterocycles. The summed E-state index contributed by atoms with van der Waals surface area (Å²) >= 11 is 0. The molecule has 1 aromatic rings. The van der Waals surface area contributed by atoms with Crippen molar-refractivity contribution < 1.29 is 31.5 Å². The maximum Gasteiger partial charge on any atom is 0.410 e. The largest absolute Gasteiger partial charge is 0.441 e. The number of rotatable bonds is 6. The molecule has 2 aliphatic carbocycles. The predicted octanol–water partition coefficient (Wildman–Crippen LogP) is 2.87. The Bertz CT molecular complexity index is 1050. The molecule has 1 amide bonds. The molecule has 2 saturated heterocycles. The van der Waals surface area contributed by atoms with Crippen molar-refractivity contribution in [3.8, 4) is 0 Å². The third kappa shape index (κ3) is 4.92. The van der Waals surface area contributed by atoms with Gasteiger partial charge in [0, 0.05) is 37.3 Å². The van der Waals surface area contributed by atoms with Gasteiger partial charge in [-0.25, -0.2) is 22.0 Å². The number of piperazine rings is 1. The number of halogens is 2. The smallest absolute Gasteiger partial charge is 0.410 e. The van der Waals surface area contributed by atoms with E-state index in [1.54, 1.807) is 4.90 Å². The molecule has 4 atom stereocenters. The number of hydrogen-bond donors (Lipinski definition) is 1. The number of nitrogens with one attached hydrogen (secondary N) is 1. The summed E-state index contributed by atoms with van der Waals surface area (Å²) in [7, 11) is -4.29. The van der Waals surface area contributed by atoms with E-state index in [1.807, 2.05) is 13.8 Å². The summed E-state index contributed by atoms with van der Waals surface area (Å²) < 4.78 is 69.0. The normalized spacial score (nSPS) is 31.3. The molecule has 194 valence electrons. The van der Waals surface area contributed by atoms with Gasteiger partial charge in [0.05, 0.1) is 24.2 Å². The molecule has 35 heavy (non-hydrogen) atoms. The van der Waals surface area contributed by atoms with Crippen LogP contribution in [0.25, 0.3) is 0 Å². The first-order valence-electron chi connectivity index (χ1n) is 12.4. The minimum absolute atomic E-state index is 0.0537. The maximum atomic E-state index is 14.0. The maximum absolute atomic E-state index is 14.0. The zero-order chi connectivity index (χ0) is 25.0. The van der Waals surface area contributed by atoms with E-state index in [9.17, 15) is 22.0 Å². The highest BCUT2D eigenvalue weighted by Gasteiger charge is 2.61. The van der Waals surface area contributed by atoms with Gasteiger partial charge in [-0.3, -0.25) is 0 Å². The summed E-state index contributed by atoms with van der Waals surface area (Å²) in [5.74, 6) is -1.52. The summed E-state index contributed by atoms with van der Waals surface area (Å²) in [5.41, 5.74) is -1.03. The lowest BCUT2D eigenvalue weighted by molar-refractivity contribution is -0.0772. The highest BCUT2D eigenvalue weighted by atomic mass is 32.2. The summed E-state index contributed by atoms with van der Waals surface area (Å²) in [6.45, 7) is 5.42. The Morgan fingerprint density at radius 3 is 2.31 bits per heavy atom. The fourth-order valence-electron chi connectivity index (χ4n) is 5.52. The second kappa shape index (κ2) is 9.24. The highest BCUT2D eigenvalue weighted by Crippen LogP contribution is 2.49. The summed E-state index contributed by atoms with van der Waals surface area (Å²) in [6, 6.07) is 0.936. The van der Waals surface area contributed by atoms with Gasteiger partial charge in [0.25, 0.3) is 0 Å². The van der Waals surface area contributed by atoms with Crippen molar-refractivity contribution >= 4 is 16.1 Å². The van der Waals surface area contributed by atoms with Gasteiger partial charge in [0.2, 0.25) is 10.0 Å². The average Bonchev–Trinajstić information content (AvgIpc) is 3.70. The first-order chi connectivity index (χ1) is 16.6. The molecule has 0 radical (unpaired) electrons. The van der Waals surface area contributed by atoms with E-state index in [2.05, 4.69) is 5.32 Å². The molecule has 5 rings (SSSR count). The predicted molar refractivity (Wildman–Crippen MR) is 123 cm³/mol. The monoisotopic (exact) mass is 513 g/mol. The number of benzene rings is 1. The summed E-state index contributed by atoms with van der Waals surface area (Å²) in [4.78, 5) is 14.5. The Hall–Kier alpha value is -1.82. The SMILES string of the molecule is C[C@@H]1CNC[C@H](C)N1C(=O)OC1([C@H]2COC[C@@H](CC3CC3)N2S(=O)(=O)c2cc(F)cc(F)c2)CC1. The molecule has 2 saturated carbocycles. The molecule has 1 N–H and O–H groups in total. The van der Waals surface area contributed by atoms with Crippen molar-refractivity contribution in [2.24, 2.45) is 5.92 Å². The Morgan fingerprint density at radius 2 is 1.74 bits per heavy atom. The summed E-state index contributed by atoms with van der Waals surface area (Å²) in [5, 5.41) is 3.28. The van der Waals surface area contributed by atoms with Crippen molar-refractivity contribution in [3.63, 3.8) is 0 Å². The molecule has 0 spiro atoms. The fourth-order valence-corrected chi connectivity index (χ4v) is 7.41. The molecule has 2 heterocycles. The van der Waals surface area contributed by atoms with Crippen LogP contribution in [0.2, 0.25) is 0 Å². The lowest BCUT2D eigenvalue weighted by Crippen LogP contribution is -2.62.